The Hall–Kier alpha value is -2.67. The molecule has 1 atom stereocenters. The molecule has 0 bridgehead atoms. The second-order valence-corrected chi connectivity index (χ2v) is 7.53. The van der Waals surface area contributed by atoms with Crippen molar-refractivity contribution in [2.24, 2.45) is 0 Å². The molecule has 3 rings (SSSR count). The number of amides is 3. The Bertz CT molecular complexity index is 851. The molecule has 0 aromatic heterocycles. The molecular weight excluding hydrogens is 328 g/mol. The van der Waals surface area contributed by atoms with E-state index < -0.39 is 27.1 Å². The van der Waals surface area contributed by atoms with Gasteiger partial charge in [-0.05, 0) is 17.7 Å². The van der Waals surface area contributed by atoms with Crippen LogP contribution in [0.2, 0.25) is 0 Å². The topological polar surface area (TPSA) is 83.6 Å². The van der Waals surface area contributed by atoms with E-state index in [1.54, 1.807) is 18.2 Å². The van der Waals surface area contributed by atoms with E-state index in [9.17, 15) is 18.0 Å². The molecule has 1 N–H and O–H groups in total. The average molecular weight is 344 g/mol. The van der Waals surface area contributed by atoms with Gasteiger partial charge in [0.1, 0.15) is 0 Å². The monoisotopic (exact) mass is 344 g/mol. The van der Waals surface area contributed by atoms with Crippen LogP contribution in [0.25, 0.3) is 0 Å². The first kappa shape index (κ1) is 16.2. The van der Waals surface area contributed by atoms with E-state index in [1.165, 1.54) is 12.1 Å². The van der Waals surface area contributed by atoms with Crippen molar-refractivity contribution in [2.75, 3.05) is 0 Å². The summed E-state index contributed by atoms with van der Waals surface area (Å²) in [6.07, 6.45) is -0.185. The van der Waals surface area contributed by atoms with Crippen LogP contribution in [-0.4, -0.2) is 30.6 Å². The highest BCUT2D eigenvalue weighted by atomic mass is 32.2. The van der Waals surface area contributed by atoms with Crippen LogP contribution in [0.4, 0.5) is 4.79 Å². The summed E-state index contributed by atoms with van der Waals surface area (Å²) in [4.78, 5) is 24.9. The summed E-state index contributed by atoms with van der Waals surface area (Å²) in [7, 11) is -3.77. The summed E-state index contributed by atoms with van der Waals surface area (Å²) in [6.45, 7) is 0.224. The molecule has 2 aromatic carbocycles. The number of carbonyl (C=O) groups excluding carboxylic acids is 2. The smallest absolute Gasteiger partial charge is 0.325 e. The molecule has 1 aliphatic rings. The van der Waals surface area contributed by atoms with Gasteiger partial charge in [0.15, 0.2) is 5.37 Å². The van der Waals surface area contributed by atoms with Crippen LogP contribution in [0, 0.1) is 0 Å². The summed E-state index contributed by atoms with van der Waals surface area (Å²) in [5, 5.41) is 1.44. The zero-order valence-corrected chi connectivity index (χ0v) is 13.6. The molecule has 2 aromatic rings. The average Bonchev–Trinajstić information content (AvgIpc) is 2.59. The van der Waals surface area contributed by atoms with Crippen molar-refractivity contribution in [2.45, 2.75) is 23.2 Å². The molecule has 0 spiro atoms. The van der Waals surface area contributed by atoms with Gasteiger partial charge in [0.05, 0.1) is 11.3 Å². The number of urea groups is 1. The van der Waals surface area contributed by atoms with E-state index in [0.29, 0.717) is 0 Å². The van der Waals surface area contributed by atoms with E-state index in [4.69, 9.17) is 0 Å². The first-order chi connectivity index (χ1) is 11.5. The fourth-order valence-electron chi connectivity index (χ4n) is 2.51. The van der Waals surface area contributed by atoms with Gasteiger partial charge >= 0.3 is 6.03 Å². The fourth-order valence-corrected chi connectivity index (χ4v) is 4.21. The third-order valence-corrected chi connectivity index (χ3v) is 5.86. The summed E-state index contributed by atoms with van der Waals surface area (Å²) in [6, 6.07) is 16.3. The Morgan fingerprint density at radius 2 is 1.62 bits per heavy atom. The van der Waals surface area contributed by atoms with E-state index in [0.717, 1.165) is 10.5 Å². The third kappa shape index (κ3) is 3.03. The molecule has 0 radical (unpaired) electrons. The molecule has 7 heteroatoms. The lowest BCUT2D eigenvalue weighted by Gasteiger charge is -2.37. The maximum Gasteiger partial charge on any atom is 0.325 e. The van der Waals surface area contributed by atoms with E-state index in [2.05, 4.69) is 5.32 Å². The zero-order valence-electron chi connectivity index (χ0n) is 12.8. The Kier molecular flexibility index (Phi) is 4.35. The number of rotatable bonds is 4. The lowest BCUT2D eigenvalue weighted by atomic mass is 10.2. The van der Waals surface area contributed by atoms with Crippen LogP contribution in [0.1, 0.15) is 12.0 Å². The number of nitrogens with one attached hydrogen (secondary N) is 1. The van der Waals surface area contributed by atoms with Crippen molar-refractivity contribution in [1.82, 2.24) is 10.2 Å². The standard InChI is InChI=1S/C17H16N2O4S/c20-15-11-16(24(22,23)14-9-5-2-6-10-14)19(15)17(21)18-12-13-7-3-1-4-8-13/h1-10,16H,11-12H2,(H,18,21). The summed E-state index contributed by atoms with van der Waals surface area (Å²) >= 11 is 0. The molecule has 1 unspecified atom stereocenters. The predicted octanol–water partition coefficient (Wildman–Crippen LogP) is 1.93. The quantitative estimate of drug-likeness (QED) is 0.859. The number of nitrogens with zero attached hydrogens (tertiary/aromatic N) is 1. The SMILES string of the molecule is O=C1CC(S(=O)(=O)c2ccccc2)N1C(=O)NCc1ccccc1. The molecule has 124 valence electrons. The van der Waals surface area contributed by atoms with Gasteiger partial charge in [0.2, 0.25) is 15.7 Å². The number of benzene rings is 2. The largest absolute Gasteiger partial charge is 0.334 e. The molecule has 1 fully saturated rings. The van der Waals surface area contributed by atoms with Gasteiger partial charge in [-0.15, -0.1) is 0 Å². The lowest BCUT2D eigenvalue weighted by Crippen LogP contribution is -2.61. The van der Waals surface area contributed by atoms with Crippen molar-refractivity contribution >= 4 is 21.8 Å². The highest BCUT2D eigenvalue weighted by molar-refractivity contribution is 7.92. The van der Waals surface area contributed by atoms with E-state index >= 15 is 0 Å². The van der Waals surface area contributed by atoms with Crippen LogP contribution in [-0.2, 0) is 21.2 Å². The normalized spacial score (nSPS) is 17.2. The van der Waals surface area contributed by atoms with Gasteiger partial charge in [-0.1, -0.05) is 48.5 Å². The Balaban J connectivity index is 1.73. The number of carbonyl (C=O) groups is 2. The van der Waals surface area contributed by atoms with E-state index in [-0.39, 0.29) is 17.9 Å². The van der Waals surface area contributed by atoms with Gasteiger partial charge in [-0.3, -0.25) is 4.79 Å². The minimum atomic E-state index is -3.77. The minimum Gasteiger partial charge on any atom is -0.334 e. The molecule has 0 saturated carbocycles. The molecule has 24 heavy (non-hydrogen) atoms. The van der Waals surface area contributed by atoms with Gasteiger partial charge in [-0.25, -0.2) is 18.1 Å². The molecule has 1 saturated heterocycles. The maximum absolute atomic E-state index is 12.6. The minimum absolute atomic E-state index is 0.100. The van der Waals surface area contributed by atoms with Gasteiger partial charge in [0.25, 0.3) is 0 Å². The van der Waals surface area contributed by atoms with Gasteiger partial charge in [0, 0.05) is 6.54 Å². The van der Waals surface area contributed by atoms with Gasteiger partial charge in [-0.2, -0.15) is 0 Å². The van der Waals surface area contributed by atoms with Crippen LogP contribution >= 0.6 is 0 Å². The van der Waals surface area contributed by atoms with Crippen molar-refractivity contribution in [3.05, 3.63) is 66.2 Å². The van der Waals surface area contributed by atoms with Crippen molar-refractivity contribution in [3.8, 4) is 0 Å². The number of sulfone groups is 1. The highest BCUT2D eigenvalue weighted by Crippen LogP contribution is 2.29. The second-order valence-electron chi connectivity index (χ2n) is 5.42. The van der Waals surface area contributed by atoms with Crippen LogP contribution in [0.5, 0.6) is 0 Å². The number of β-lactam (4-membered cyclic amide) rings is 1. The lowest BCUT2D eigenvalue weighted by molar-refractivity contribution is -0.137. The van der Waals surface area contributed by atoms with Crippen molar-refractivity contribution < 1.29 is 18.0 Å². The van der Waals surface area contributed by atoms with Gasteiger partial charge < -0.3 is 5.32 Å². The maximum atomic E-state index is 12.6. The number of likely N-dealkylation sites (tertiary alicyclic amines) is 1. The Morgan fingerprint density at radius 1 is 1.04 bits per heavy atom. The van der Waals surface area contributed by atoms with Crippen LogP contribution in [0.3, 0.4) is 0 Å². The number of hydrogen-bond donors (Lipinski definition) is 1. The summed E-state index contributed by atoms with van der Waals surface area (Å²) in [5.74, 6) is -0.495. The third-order valence-electron chi connectivity index (χ3n) is 3.84. The number of hydrogen-bond acceptors (Lipinski definition) is 4. The molecule has 0 aliphatic carbocycles. The Morgan fingerprint density at radius 3 is 2.21 bits per heavy atom. The summed E-state index contributed by atoms with van der Waals surface area (Å²) < 4.78 is 25.2. The first-order valence-electron chi connectivity index (χ1n) is 7.43. The molecular formula is C17H16N2O4S. The highest BCUT2D eigenvalue weighted by Gasteiger charge is 2.49. The second kappa shape index (κ2) is 6.45. The van der Waals surface area contributed by atoms with Crippen LogP contribution < -0.4 is 5.32 Å². The predicted molar refractivity (Wildman–Crippen MR) is 87.6 cm³/mol. The van der Waals surface area contributed by atoms with E-state index in [1.807, 2.05) is 30.3 Å². The van der Waals surface area contributed by atoms with Crippen molar-refractivity contribution in [1.29, 1.82) is 0 Å². The zero-order chi connectivity index (χ0) is 17.2. The Labute approximate surface area is 140 Å². The molecule has 1 aliphatic heterocycles. The van der Waals surface area contributed by atoms with Crippen LogP contribution in [0.15, 0.2) is 65.6 Å². The molecule has 3 amide bonds. The summed E-state index contributed by atoms with van der Waals surface area (Å²) in [5.41, 5.74) is 0.862. The molecule has 6 nitrogen and oxygen atoms in total. The first-order valence-corrected chi connectivity index (χ1v) is 8.97. The van der Waals surface area contributed by atoms with Crippen molar-refractivity contribution in [3.63, 3.8) is 0 Å². The number of imide groups is 1. The molecule has 1 heterocycles. The fraction of sp³-hybridized carbons (Fsp3) is 0.176.